The zero-order valence-corrected chi connectivity index (χ0v) is 11.6. The molecule has 0 bridgehead atoms. The largest absolute Gasteiger partial charge is 0.481 e. The second-order valence-electron chi connectivity index (χ2n) is 5.28. The van der Waals surface area contributed by atoms with Gasteiger partial charge >= 0.3 is 5.97 Å². The van der Waals surface area contributed by atoms with Crippen molar-refractivity contribution < 1.29 is 23.5 Å². The first kappa shape index (κ1) is 16.1. The second kappa shape index (κ2) is 5.98. The van der Waals surface area contributed by atoms with E-state index in [1.807, 2.05) is 0 Å². The molecule has 1 aromatic carbocycles. The fourth-order valence-corrected chi connectivity index (χ4v) is 1.52. The van der Waals surface area contributed by atoms with E-state index >= 15 is 0 Å². The number of rotatable bonds is 5. The number of hydrogen-bond donors (Lipinski definition) is 2. The van der Waals surface area contributed by atoms with Crippen LogP contribution in [-0.4, -0.2) is 23.5 Å². The standard InChI is InChI=1S/C14H17F2NO3/c1-8-6-9(11(16)7-10(8)15)12(18)17-5-4-14(2,3)13(19)20/h6-7H,4-5H2,1-3H3,(H,17,18)(H,19,20). The Morgan fingerprint density at radius 1 is 1.25 bits per heavy atom. The molecular formula is C14H17F2NO3. The monoisotopic (exact) mass is 285 g/mol. The molecule has 4 nitrogen and oxygen atoms in total. The molecule has 0 atom stereocenters. The molecule has 2 N–H and O–H groups in total. The van der Waals surface area contributed by atoms with Gasteiger partial charge < -0.3 is 10.4 Å². The summed E-state index contributed by atoms with van der Waals surface area (Å²) in [6, 6.07) is 1.79. The Hall–Kier alpha value is -1.98. The van der Waals surface area contributed by atoms with Gasteiger partial charge in [0.1, 0.15) is 11.6 Å². The SMILES string of the molecule is Cc1cc(C(=O)NCCC(C)(C)C(=O)O)c(F)cc1F. The van der Waals surface area contributed by atoms with Crippen LogP contribution in [-0.2, 0) is 4.79 Å². The lowest BCUT2D eigenvalue weighted by Crippen LogP contribution is -2.32. The Balaban J connectivity index is 2.69. The maximum absolute atomic E-state index is 13.5. The fourth-order valence-electron chi connectivity index (χ4n) is 1.52. The Morgan fingerprint density at radius 3 is 2.40 bits per heavy atom. The van der Waals surface area contributed by atoms with Gasteiger partial charge in [-0.2, -0.15) is 0 Å². The summed E-state index contributed by atoms with van der Waals surface area (Å²) in [5, 5.41) is 11.4. The molecule has 0 radical (unpaired) electrons. The minimum atomic E-state index is -0.982. The Kier molecular flexibility index (Phi) is 4.81. The third-order valence-corrected chi connectivity index (χ3v) is 3.11. The van der Waals surface area contributed by atoms with Crippen molar-refractivity contribution in [1.29, 1.82) is 0 Å². The first-order valence-corrected chi connectivity index (χ1v) is 6.12. The van der Waals surface area contributed by atoms with Crippen LogP contribution in [0, 0.1) is 24.0 Å². The summed E-state index contributed by atoms with van der Waals surface area (Å²) in [4.78, 5) is 22.7. The van der Waals surface area contributed by atoms with Gasteiger partial charge in [-0.3, -0.25) is 9.59 Å². The molecule has 0 aliphatic heterocycles. The van der Waals surface area contributed by atoms with E-state index in [1.54, 1.807) is 0 Å². The number of aryl methyl sites for hydroxylation is 1. The molecule has 0 aliphatic carbocycles. The number of amides is 1. The van der Waals surface area contributed by atoms with Crippen LogP contribution in [0.3, 0.4) is 0 Å². The molecular weight excluding hydrogens is 268 g/mol. The average Bonchev–Trinajstić information content (AvgIpc) is 2.33. The summed E-state index contributed by atoms with van der Waals surface area (Å²) in [7, 11) is 0. The third kappa shape index (κ3) is 3.76. The molecule has 1 rings (SSSR count). The van der Waals surface area contributed by atoms with Gasteiger partial charge in [-0.15, -0.1) is 0 Å². The van der Waals surface area contributed by atoms with Gasteiger partial charge in [-0.25, -0.2) is 8.78 Å². The van der Waals surface area contributed by atoms with Crippen LogP contribution in [0.2, 0.25) is 0 Å². The maximum atomic E-state index is 13.5. The normalized spacial score (nSPS) is 11.2. The Labute approximate surface area is 115 Å². The minimum absolute atomic E-state index is 0.0913. The number of carboxylic acid groups (broad SMARTS) is 1. The summed E-state index contributed by atoms with van der Waals surface area (Å²) in [5.41, 5.74) is -1.07. The van der Waals surface area contributed by atoms with Crippen molar-refractivity contribution in [2.24, 2.45) is 5.41 Å². The highest BCUT2D eigenvalue weighted by molar-refractivity contribution is 5.94. The topological polar surface area (TPSA) is 66.4 Å². The lowest BCUT2D eigenvalue weighted by molar-refractivity contribution is -0.147. The molecule has 110 valence electrons. The highest BCUT2D eigenvalue weighted by atomic mass is 19.1. The summed E-state index contributed by atoms with van der Waals surface area (Å²) < 4.78 is 26.6. The van der Waals surface area contributed by atoms with Crippen molar-refractivity contribution >= 4 is 11.9 Å². The van der Waals surface area contributed by atoms with Crippen LogP contribution in [0.15, 0.2) is 12.1 Å². The number of carbonyl (C=O) groups is 2. The predicted molar refractivity (Wildman–Crippen MR) is 69.5 cm³/mol. The molecule has 0 spiro atoms. The molecule has 0 aromatic heterocycles. The van der Waals surface area contributed by atoms with E-state index in [0.29, 0.717) is 6.07 Å². The van der Waals surface area contributed by atoms with Crippen molar-refractivity contribution in [1.82, 2.24) is 5.32 Å². The quantitative estimate of drug-likeness (QED) is 0.873. The third-order valence-electron chi connectivity index (χ3n) is 3.11. The van der Waals surface area contributed by atoms with Gasteiger partial charge in [0.2, 0.25) is 0 Å². The van der Waals surface area contributed by atoms with Gasteiger partial charge in [0.25, 0.3) is 5.91 Å². The smallest absolute Gasteiger partial charge is 0.309 e. The summed E-state index contributed by atoms with van der Waals surface area (Å²) >= 11 is 0. The lowest BCUT2D eigenvalue weighted by Gasteiger charge is -2.19. The maximum Gasteiger partial charge on any atom is 0.309 e. The summed E-state index contributed by atoms with van der Waals surface area (Å²) in [6.45, 7) is 4.58. The van der Waals surface area contributed by atoms with Crippen LogP contribution in [0.1, 0.15) is 36.2 Å². The van der Waals surface area contributed by atoms with Crippen molar-refractivity contribution in [2.45, 2.75) is 27.2 Å². The van der Waals surface area contributed by atoms with Crippen LogP contribution < -0.4 is 5.32 Å². The van der Waals surface area contributed by atoms with Crippen LogP contribution in [0.25, 0.3) is 0 Å². The van der Waals surface area contributed by atoms with E-state index in [-0.39, 0.29) is 24.1 Å². The second-order valence-corrected chi connectivity index (χ2v) is 5.28. The van der Waals surface area contributed by atoms with Gasteiger partial charge in [-0.05, 0) is 38.8 Å². The van der Waals surface area contributed by atoms with Crippen molar-refractivity contribution in [3.8, 4) is 0 Å². The first-order chi connectivity index (χ1) is 9.15. The first-order valence-electron chi connectivity index (χ1n) is 6.12. The van der Waals surface area contributed by atoms with Crippen LogP contribution >= 0.6 is 0 Å². The molecule has 6 heteroatoms. The van der Waals surface area contributed by atoms with Crippen molar-refractivity contribution in [3.05, 3.63) is 34.9 Å². The van der Waals surface area contributed by atoms with E-state index in [0.717, 1.165) is 6.07 Å². The molecule has 0 aliphatic rings. The molecule has 1 aromatic rings. The molecule has 20 heavy (non-hydrogen) atoms. The number of nitrogens with one attached hydrogen (secondary N) is 1. The number of benzene rings is 1. The average molecular weight is 285 g/mol. The van der Waals surface area contributed by atoms with Crippen molar-refractivity contribution in [3.63, 3.8) is 0 Å². The van der Waals surface area contributed by atoms with E-state index in [4.69, 9.17) is 5.11 Å². The molecule has 1 amide bonds. The number of halogens is 2. The van der Waals surface area contributed by atoms with E-state index in [2.05, 4.69) is 5.32 Å². The molecule has 0 saturated heterocycles. The number of hydrogen-bond acceptors (Lipinski definition) is 2. The van der Waals surface area contributed by atoms with Gasteiger partial charge in [0.15, 0.2) is 0 Å². The highest BCUT2D eigenvalue weighted by Gasteiger charge is 2.26. The number of carboxylic acids is 1. The molecule has 0 heterocycles. The molecule has 0 fully saturated rings. The number of aliphatic carboxylic acids is 1. The number of carbonyl (C=O) groups excluding carboxylic acids is 1. The van der Waals surface area contributed by atoms with Gasteiger partial charge in [-0.1, -0.05) is 0 Å². The van der Waals surface area contributed by atoms with Gasteiger partial charge in [0, 0.05) is 12.6 Å². The van der Waals surface area contributed by atoms with E-state index < -0.39 is 28.9 Å². The zero-order valence-electron chi connectivity index (χ0n) is 11.6. The van der Waals surface area contributed by atoms with Crippen molar-refractivity contribution in [2.75, 3.05) is 6.54 Å². The summed E-state index contributed by atoms with van der Waals surface area (Å²) in [6.07, 6.45) is 0.204. The zero-order chi connectivity index (χ0) is 15.5. The highest BCUT2D eigenvalue weighted by Crippen LogP contribution is 2.19. The van der Waals surface area contributed by atoms with Crippen LogP contribution in [0.5, 0.6) is 0 Å². The lowest BCUT2D eigenvalue weighted by atomic mass is 9.89. The molecule has 0 unspecified atom stereocenters. The van der Waals surface area contributed by atoms with E-state index in [9.17, 15) is 18.4 Å². The fraction of sp³-hybridized carbons (Fsp3) is 0.429. The summed E-state index contributed by atoms with van der Waals surface area (Å²) in [5.74, 6) is -3.32. The molecule has 0 saturated carbocycles. The Morgan fingerprint density at radius 2 is 1.85 bits per heavy atom. The minimum Gasteiger partial charge on any atom is -0.481 e. The van der Waals surface area contributed by atoms with Gasteiger partial charge in [0.05, 0.1) is 11.0 Å². The van der Waals surface area contributed by atoms with E-state index in [1.165, 1.54) is 20.8 Å². The predicted octanol–water partition coefficient (Wildman–Crippen LogP) is 2.50. The van der Waals surface area contributed by atoms with Crippen LogP contribution in [0.4, 0.5) is 8.78 Å². The Bertz CT molecular complexity index is 541.